The number of nitrogens with zero attached hydrogens (tertiary/aromatic N) is 5. The first-order chi connectivity index (χ1) is 14.4. The summed E-state index contributed by atoms with van der Waals surface area (Å²) in [5, 5.41) is 14.0. The molecule has 0 unspecified atom stereocenters. The van der Waals surface area contributed by atoms with Crippen LogP contribution in [0.5, 0.6) is 0 Å². The second-order valence-electron chi connectivity index (χ2n) is 8.06. The van der Waals surface area contributed by atoms with Gasteiger partial charge in [-0.1, -0.05) is 25.6 Å². The van der Waals surface area contributed by atoms with E-state index in [0.717, 1.165) is 55.0 Å². The van der Waals surface area contributed by atoms with E-state index < -0.39 is 0 Å². The third kappa shape index (κ3) is 5.07. The molecule has 0 N–H and O–H groups in total. The summed E-state index contributed by atoms with van der Waals surface area (Å²) in [6.45, 7) is 15.4. The maximum absolute atomic E-state index is 9.18. The highest BCUT2D eigenvalue weighted by Gasteiger charge is 2.17. The van der Waals surface area contributed by atoms with Gasteiger partial charge in [0.25, 0.3) is 0 Å². The Labute approximate surface area is 180 Å². The molecule has 1 aromatic carbocycles. The van der Waals surface area contributed by atoms with Crippen LogP contribution in [0, 0.1) is 11.3 Å². The number of aryl methyl sites for hydroxylation is 1. The Morgan fingerprint density at radius 1 is 1.23 bits per heavy atom. The molecule has 5 heteroatoms. The lowest BCUT2D eigenvalue weighted by molar-refractivity contribution is 0.336. The normalized spacial score (nSPS) is 14.3. The Hall–Kier alpha value is -3.13. The van der Waals surface area contributed by atoms with Crippen LogP contribution in [-0.4, -0.2) is 33.5 Å². The van der Waals surface area contributed by atoms with Crippen molar-refractivity contribution in [3.8, 4) is 17.3 Å². The smallest absolute Gasteiger partial charge is 0.0991 e. The fourth-order valence-corrected chi connectivity index (χ4v) is 3.79. The largest absolute Gasteiger partial charge is 0.373 e. The summed E-state index contributed by atoms with van der Waals surface area (Å²) in [6, 6.07) is 11.9. The third-order valence-electron chi connectivity index (χ3n) is 5.52. The van der Waals surface area contributed by atoms with E-state index in [1.54, 1.807) is 0 Å². The zero-order valence-corrected chi connectivity index (χ0v) is 18.6. The van der Waals surface area contributed by atoms with Crippen molar-refractivity contribution in [2.75, 3.05) is 13.1 Å². The molecule has 0 atom stereocenters. The molecule has 156 valence electrons. The first-order valence-corrected chi connectivity index (χ1v) is 10.6. The lowest BCUT2D eigenvalue weighted by atomic mass is 10.1. The Kier molecular flexibility index (Phi) is 6.89. The molecule has 0 fully saturated rings. The van der Waals surface area contributed by atoms with E-state index in [1.807, 2.05) is 24.3 Å². The van der Waals surface area contributed by atoms with Crippen LogP contribution in [0.3, 0.4) is 0 Å². The molecule has 0 aliphatic carbocycles. The molecule has 1 aliphatic heterocycles. The number of benzene rings is 1. The molecule has 0 spiro atoms. The van der Waals surface area contributed by atoms with Crippen molar-refractivity contribution in [2.45, 2.75) is 53.5 Å². The van der Waals surface area contributed by atoms with E-state index in [-0.39, 0.29) is 0 Å². The second-order valence-corrected chi connectivity index (χ2v) is 8.06. The lowest BCUT2D eigenvalue weighted by Gasteiger charge is -2.25. The van der Waals surface area contributed by atoms with Crippen molar-refractivity contribution in [1.29, 1.82) is 5.26 Å². The van der Waals surface area contributed by atoms with Crippen LogP contribution in [-0.2, 0) is 13.0 Å². The summed E-state index contributed by atoms with van der Waals surface area (Å²) >= 11 is 0. The first-order valence-electron chi connectivity index (χ1n) is 10.6. The van der Waals surface area contributed by atoms with Gasteiger partial charge < -0.3 is 4.90 Å². The lowest BCUT2D eigenvalue weighted by Crippen LogP contribution is -2.27. The van der Waals surface area contributed by atoms with Crippen molar-refractivity contribution in [2.24, 2.45) is 4.99 Å². The first kappa shape index (κ1) is 21.6. The van der Waals surface area contributed by atoms with Crippen molar-refractivity contribution in [3.05, 3.63) is 65.1 Å². The second kappa shape index (κ2) is 9.58. The molecule has 0 saturated heterocycles. The van der Waals surface area contributed by atoms with Crippen LogP contribution < -0.4 is 0 Å². The molecule has 5 nitrogen and oxygen atoms in total. The number of rotatable bonds is 6. The highest BCUT2D eigenvalue weighted by Crippen LogP contribution is 2.24. The summed E-state index contributed by atoms with van der Waals surface area (Å²) in [4.78, 5) is 7.10. The minimum Gasteiger partial charge on any atom is -0.373 e. The molecule has 30 heavy (non-hydrogen) atoms. The zero-order chi connectivity index (χ0) is 21.7. The molecule has 0 bridgehead atoms. The minimum atomic E-state index is 0.651. The van der Waals surface area contributed by atoms with Gasteiger partial charge >= 0.3 is 0 Å². The van der Waals surface area contributed by atoms with E-state index in [2.05, 4.69) is 56.0 Å². The quantitative estimate of drug-likeness (QED) is 0.613. The van der Waals surface area contributed by atoms with E-state index in [9.17, 15) is 5.26 Å². The molecule has 1 aliphatic rings. The van der Waals surface area contributed by atoms with Gasteiger partial charge in [0.15, 0.2) is 0 Å². The number of aromatic nitrogens is 2. The zero-order valence-electron chi connectivity index (χ0n) is 18.6. The fourth-order valence-electron chi connectivity index (χ4n) is 3.79. The van der Waals surface area contributed by atoms with Crippen molar-refractivity contribution in [3.63, 3.8) is 0 Å². The Morgan fingerprint density at radius 3 is 2.70 bits per heavy atom. The van der Waals surface area contributed by atoms with Crippen molar-refractivity contribution >= 4 is 5.71 Å². The molecular formula is C25H31N5. The van der Waals surface area contributed by atoms with Gasteiger partial charge in [-0.15, -0.1) is 0 Å². The SMILES string of the molecule is C=C(Cn1nc(-c2cccc(C#N)c2)cc1CC)N1CCC(C)=C(N=C(C)C)CC1. The number of hydrogen-bond acceptors (Lipinski definition) is 4. The van der Waals surface area contributed by atoms with Gasteiger partial charge in [0.2, 0.25) is 0 Å². The minimum absolute atomic E-state index is 0.651. The van der Waals surface area contributed by atoms with Crippen LogP contribution in [0.2, 0.25) is 0 Å². The number of aliphatic imine (C=N–C) groups is 1. The van der Waals surface area contributed by atoms with Gasteiger partial charge in [-0.25, -0.2) is 0 Å². The monoisotopic (exact) mass is 401 g/mol. The van der Waals surface area contributed by atoms with Crippen molar-refractivity contribution in [1.82, 2.24) is 14.7 Å². The Balaban J connectivity index is 1.75. The highest BCUT2D eigenvalue weighted by atomic mass is 15.3. The van der Waals surface area contributed by atoms with Gasteiger partial charge in [0, 0.05) is 47.9 Å². The molecule has 0 amide bonds. The van der Waals surface area contributed by atoms with Gasteiger partial charge in [-0.3, -0.25) is 9.67 Å². The molecular weight excluding hydrogens is 370 g/mol. The molecule has 0 radical (unpaired) electrons. The maximum Gasteiger partial charge on any atom is 0.0991 e. The van der Waals surface area contributed by atoms with Gasteiger partial charge in [0.05, 0.1) is 23.9 Å². The van der Waals surface area contributed by atoms with Crippen molar-refractivity contribution < 1.29 is 0 Å². The van der Waals surface area contributed by atoms with E-state index in [0.29, 0.717) is 12.1 Å². The maximum atomic E-state index is 9.18. The average Bonchev–Trinajstić information content (AvgIpc) is 3.05. The molecule has 2 heterocycles. The molecule has 3 rings (SSSR count). The average molecular weight is 402 g/mol. The number of nitriles is 1. The van der Waals surface area contributed by atoms with Crippen LogP contribution in [0.4, 0.5) is 0 Å². The van der Waals surface area contributed by atoms with Crippen LogP contribution in [0.25, 0.3) is 11.3 Å². The summed E-state index contributed by atoms with van der Waals surface area (Å²) in [6.07, 6.45) is 2.85. The fraction of sp³-hybridized carbons (Fsp3) is 0.400. The Bertz CT molecular complexity index is 1030. The predicted octanol–water partition coefficient (Wildman–Crippen LogP) is 5.35. The highest BCUT2D eigenvalue weighted by molar-refractivity contribution is 5.80. The molecule has 2 aromatic rings. The van der Waals surface area contributed by atoms with E-state index in [1.165, 1.54) is 17.0 Å². The molecule has 1 aromatic heterocycles. The predicted molar refractivity (Wildman–Crippen MR) is 123 cm³/mol. The number of hydrogen-bond donors (Lipinski definition) is 0. The Morgan fingerprint density at radius 2 is 2.00 bits per heavy atom. The van der Waals surface area contributed by atoms with Crippen LogP contribution >= 0.6 is 0 Å². The third-order valence-corrected chi connectivity index (χ3v) is 5.52. The molecule has 0 saturated carbocycles. The summed E-state index contributed by atoms with van der Waals surface area (Å²) in [5.74, 6) is 0. The number of allylic oxidation sites excluding steroid dienone is 1. The van der Waals surface area contributed by atoms with E-state index in [4.69, 9.17) is 10.1 Å². The topological polar surface area (TPSA) is 57.2 Å². The van der Waals surface area contributed by atoms with Crippen LogP contribution in [0.15, 0.2) is 58.9 Å². The van der Waals surface area contributed by atoms with Gasteiger partial charge in [-0.05, 0) is 57.4 Å². The van der Waals surface area contributed by atoms with Crippen LogP contribution in [0.1, 0.15) is 51.8 Å². The summed E-state index contributed by atoms with van der Waals surface area (Å²) in [7, 11) is 0. The summed E-state index contributed by atoms with van der Waals surface area (Å²) < 4.78 is 2.05. The standard InChI is InChI=1S/C25H31N5/c1-6-23-15-25(22-9-7-8-21(14-22)16-26)28-30(23)17-20(5)29-12-10-19(4)24(11-13-29)27-18(2)3/h7-9,14-15H,5-6,10-13,17H2,1-4H3. The van der Waals surface area contributed by atoms with Gasteiger partial charge in [0.1, 0.15) is 0 Å². The van der Waals surface area contributed by atoms with Gasteiger partial charge in [-0.2, -0.15) is 10.4 Å². The van der Waals surface area contributed by atoms with E-state index >= 15 is 0 Å². The summed E-state index contributed by atoms with van der Waals surface area (Å²) in [5.41, 5.74) is 8.48.